The van der Waals surface area contributed by atoms with Crippen LogP contribution in [-0.4, -0.2) is 4.98 Å². The number of hydrogen-bond donors (Lipinski definition) is 0. The third kappa shape index (κ3) is 2.34. The molecule has 0 spiro atoms. The van der Waals surface area contributed by atoms with Crippen LogP contribution in [0.15, 0.2) is 36.5 Å². The summed E-state index contributed by atoms with van der Waals surface area (Å²) in [5.74, 6) is 0. The first-order chi connectivity index (χ1) is 8.24. The molecule has 0 atom stereocenters. The van der Waals surface area contributed by atoms with Crippen molar-refractivity contribution in [2.45, 2.75) is 20.3 Å². The summed E-state index contributed by atoms with van der Waals surface area (Å²) in [6.07, 6.45) is 2.90. The van der Waals surface area contributed by atoms with E-state index in [9.17, 15) is 0 Å². The maximum absolute atomic E-state index is 8.77. The van der Waals surface area contributed by atoms with E-state index in [4.69, 9.17) is 5.26 Å². The zero-order valence-electron chi connectivity index (χ0n) is 10.1. The van der Waals surface area contributed by atoms with Gasteiger partial charge in [0, 0.05) is 17.5 Å². The normalized spacial score (nSPS) is 9.94. The van der Waals surface area contributed by atoms with Crippen LogP contribution in [0.4, 0.5) is 0 Å². The Bertz CT molecular complexity index is 562. The summed E-state index contributed by atoms with van der Waals surface area (Å²) in [6, 6.07) is 11.9. The van der Waals surface area contributed by atoms with Crippen molar-refractivity contribution in [1.29, 1.82) is 5.26 Å². The Labute approximate surface area is 102 Å². The number of benzene rings is 1. The molecule has 2 aromatic rings. The highest BCUT2D eigenvalue weighted by Gasteiger charge is 2.04. The van der Waals surface area contributed by atoms with Crippen molar-refractivity contribution in [3.05, 3.63) is 53.3 Å². The van der Waals surface area contributed by atoms with E-state index >= 15 is 0 Å². The van der Waals surface area contributed by atoms with Crippen molar-refractivity contribution in [2.24, 2.45) is 0 Å². The van der Waals surface area contributed by atoms with E-state index in [2.05, 4.69) is 24.0 Å². The van der Waals surface area contributed by atoms with E-state index in [0.717, 1.165) is 23.2 Å². The summed E-state index contributed by atoms with van der Waals surface area (Å²) in [4.78, 5) is 4.34. The third-order valence-corrected chi connectivity index (χ3v) is 2.83. The summed E-state index contributed by atoms with van der Waals surface area (Å²) in [6.45, 7) is 4.14. The zero-order valence-corrected chi connectivity index (χ0v) is 10.1. The molecule has 17 heavy (non-hydrogen) atoms. The Morgan fingerprint density at radius 2 is 1.94 bits per heavy atom. The molecule has 0 radical (unpaired) electrons. The van der Waals surface area contributed by atoms with Crippen LogP contribution in [0.1, 0.15) is 23.7 Å². The lowest BCUT2D eigenvalue weighted by atomic mass is 9.99. The molecule has 1 aromatic heterocycles. The Morgan fingerprint density at radius 3 is 2.53 bits per heavy atom. The SMILES string of the molecule is CCc1cc(C)ncc1-c1ccc(C#N)cc1. The van der Waals surface area contributed by atoms with E-state index in [-0.39, 0.29) is 0 Å². The fourth-order valence-corrected chi connectivity index (χ4v) is 1.89. The molecule has 0 fully saturated rings. The molecule has 1 aromatic carbocycles. The number of nitriles is 1. The lowest BCUT2D eigenvalue weighted by Crippen LogP contribution is -1.92. The molecule has 2 nitrogen and oxygen atoms in total. The average Bonchev–Trinajstić information content (AvgIpc) is 2.39. The highest BCUT2D eigenvalue weighted by molar-refractivity contribution is 5.67. The molecular formula is C15H14N2. The number of rotatable bonds is 2. The Kier molecular flexibility index (Phi) is 3.20. The second kappa shape index (κ2) is 4.80. The maximum Gasteiger partial charge on any atom is 0.0991 e. The van der Waals surface area contributed by atoms with E-state index in [1.54, 1.807) is 0 Å². The molecule has 2 heteroatoms. The fourth-order valence-electron chi connectivity index (χ4n) is 1.89. The van der Waals surface area contributed by atoms with Gasteiger partial charge in [0.1, 0.15) is 0 Å². The molecule has 2 rings (SSSR count). The van der Waals surface area contributed by atoms with Gasteiger partial charge >= 0.3 is 0 Å². The number of aryl methyl sites for hydroxylation is 2. The molecule has 1 heterocycles. The van der Waals surface area contributed by atoms with Gasteiger partial charge in [-0.3, -0.25) is 4.98 Å². The number of aromatic nitrogens is 1. The molecule has 0 amide bonds. The van der Waals surface area contributed by atoms with Gasteiger partial charge in [0.05, 0.1) is 11.6 Å². The predicted octanol–water partition coefficient (Wildman–Crippen LogP) is 3.49. The minimum atomic E-state index is 0.687. The Morgan fingerprint density at radius 1 is 1.24 bits per heavy atom. The summed E-state index contributed by atoms with van der Waals surface area (Å²) in [7, 11) is 0. The minimum Gasteiger partial charge on any atom is -0.261 e. The standard InChI is InChI=1S/C15H14N2/c1-3-13-8-11(2)17-10-15(13)14-6-4-12(9-16)5-7-14/h4-8,10H,3H2,1-2H3. The zero-order chi connectivity index (χ0) is 12.3. The van der Waals surface area contributed by atoms with Crippen LogP contribution < -0.4 is 0 Å². The first-order valence-electron chi connectivity index (χ1n) is 5.70. The molecule has 0 saturated heterocycles. The third-order valence-electron chi connectivity index (χ3n) is 2.83. The van der Waals surface area contributed by atoms with Crippen LogP contribution in [0.2, 0.25) is 0 Å². The van der Waals surface area contributed by atoms with E-state index < -0.39 is 0 Å². The molecule has 0 bridgehead atoms. The molecule has 0 unspecified atom stereocenters. The van der Waals surface area contributed by atoms with Crippen molar-refractivity contribution in [2.75, 3.05) is 0 Å². The topological polar surface area (TPSA) is 36.7 Å². The number of hydrogen-bond acceptors (Lipinski definition) is 2. The van der Waals surface area contributed by atoms with Gasteiger partial charge in [0.15, 0.2) is 0 Å². The maximum atomic E-state index is 8.77. The van der Waals surface area contributed by atoms with Gasteiger partial charge in [-0.2, -0.15) is 5.26 Å². The van der Waals surface area contributed by atoms with Crippen LogP contribution in [0, 0.1) is 18.3 Å². The molecule has 0 aliphatic heterocycles. The molecule has 0 aliphatic rings. The van der Waals surface area contributed by atoms with Gasteiger partial charge < -0.3 is 0 Å². The first kappa shape index (κ1) is 11.3. The fraction of sp³-hybridized carbons (Fsp3) is 0.200. The van der Waals surface area contributed by atoms with Gasteiger partial charge in [-0.25, -0.2) is 0 Å². The second-order valence-electron chi connectivity index (χ2n) is 4.03. The van der Waals surface area contributed by atoms with Crippen molar-refractivity contribution in [1.82, 2.24) is 4.98 Å². The quantitative estimate of drug-likeness (QED) is 0.779. The average molecular weight is 222 g/mol. The van der Waals surface area contributed by atoms with Gasteiger partial charge in [0.25, 0.3) is 0 Å². The highest BCUT2D eigenvalue weighted by Crippen LogP contribution is 2.24. The largest absolute Gasteiger partial charge is 0.261 e. The molecule has 0 N–H and O–H groups in total. The summed E-state index contributed by atoms with van der Waals surface area (Å²) < 4.78 is 0. The second-order valence-corrected chi connectivity index (χ2v) is 4.03. The first-order valence-corrected chi connectivity index (χ1v) is 5.70. The lowest BCUT2D eigenvalue weighted by Gasteiger charge is -2.08. The molecule has 84 valence electrons. The van der Waals surface area contributed by atoms with E-state index in [0.29, 0.717) is 5.56 Å². The molecule has 0 aliphatic carbocycles. The predicted molar refractivity (Wildman–Crippen MR) is 68.5 cm³/mol. The van der Waals surface area contributed by atoms with Crippen molar-refractivity contribution >= 4 is 0 Å². The van der Waals surface area contributed by atoms with Gasteiger partial charge in [0.2, 0.25) is 0 Å². The van der Waals surface area contributed by atoms with Gasteiger partial charge in [-0.1, -0.05) is 19.1 Å². The monoisotopic (exact) mass is 222 g/mol. The minimum absolute atomic E-state index is 0.687. The highest BCUT2D eigenvalue weighted by atomic mass is 14.7. The Balaban J connectivity index is 2.49. The lowest BCUT2D eigenvalue weighted by molar-refractivity contribution is 1.09. The molecule has 0 saturated carbocycles. The van der Waals surface area contributed by atoms with Crippen LogP contribution in [-0.2, 0) is 6.42 Å². The van der Waals surface area contributed by atoms with E-state index in [1.165, 1.54) is 5.56 Å². The summed E-state index contributed by atoms with van der Waals surface area (Å²) in [5.41, 5.74) is 5.30. The summed E-state index contributed by atoms with van der Waals surface area (Å²) >= 11 is 0. The van der Waals surface area contributed by atoms with Gasteiger partial charge in [-0.15, -0.1) is 0 Å². The van der Waals surface area contributed by atoms with Crippen LogP contribution >= 0.6 is 0 Å². The van der Waals surface area contributed by atoms with Crippen LogP contribution in [0.25, 0.3) is 11.1 Å². The van der Waals surface area contributed by atoms with E-state index in [1.807, 2.05) is 37.4 Å². The van der Waals surface area contributed by atoms with Crippen LogP contribution in [0.5, 0.6) is 0 Å². The van der Waals surface area contributed by atoms with Crippen molar-refractivity contribution in [3.63, 3.8) is 0 Å². The van der Waals surface area contributed by atoms with Crippen LogP contribution in [0.3, 0.4) is 0 Å². The smallest absolute Gasteiger partial charge is 0.0991 e. The van der Waals surface area contributed by atoms with Crippen molar-refractivity contribution in [3.8, 4) is 17.2 Å². The Hall–Kier alpha value is -2.14. The molecular weight excluding hydrogens is 208 g/mol. The van der Waals surface area contributed by atoms with Gasteiger partial charge in [-0.05, 0) is 42.7 Å². The number of pyridine rings is 1. The number of nitrogens with zero attached hydrogens (tertiary/aromatic N) is 2. The summed E-state index contributed by atoms with van der Waals surface area (Å²) in [5, 5.41) is 8.77. The van der Waals surface area contributed by atoms with Crippen molar-refractivity contribution < 1.29 is 0 Å².